The molecule has 0 saturated carbocycles. The zero-order valence-corrected chi connectivity index (χ0v) is 10.8. The van der Waals surface area contributed by atoms with E-state index in [-0.39, 0.29) is 5.57 Å². The van der Waals surface area contributed by atoms with E-state index in [2.05, 4.69) is 14.8 Å². The largest absolute Gasteiger partial charge is 0.465 e. The average molecular weight is 261 g/mol. The van der Waals surface area contributed by atoms with Crippen LogP contribution in [0.25, 0.3) is 0 Å². The molecule has 1 aromatic rings. The van der Waals surface area contributed by atoms with Crippen molar-refractivity contribution in [3.63, 3.8) is 0 Å². The number of anilines is 1. The van der Waals surface area contributed by atoms with Gasteiger partial charge in [-0.15, -0.1) is 0 Å². The normalized spacial score (nSPS) is 9.79. The summed E-state index contributed by atoms with van der Waals surface area (Å²) in [6.45, 7) is 0. The summed E-state index contributed by atoms with van der Waals surface area (Å²) in [7, 11) is 2.40. The molecule has 5 nitrogen and oxygen atoms in total. The molecular formula is C14H15NO4. The molecule has 5 heteroatoms. The van der Waals surface area contributed by atoms with Crippen LogP contribution in [0.3, 0.4) is 0 Å². The van der Waals surface area contributed by atoms with Crippen molar-refractivity contribution in [2.24, 2.45) is 0 Å². The predicted octanol–water partition coefficient (Wildman–Crippen LogP) is 1.88. The summed E-state index contributed by atoms with van der Waals surface area (Å²) in [4.78, 5) is 22.7. The van der Waals surface area contributed by atoms with Gasteiger partial charge in [0.15, 0.2) is 0 Å². The number of methoxy groups -OCH3 is 2. The zero-order chi connectivity index (χ0) is 14.1. The van der Waals surface area contributed by atoms with Crippen LogP contribution in [0, 0.1) is 0 Å². The van der Waals surface area contributed by atoms with Gasteiger partial charge in [0.05, 0.1) is 14.2 Å². The second kappa shape index (κ2) is 7.71. The number of rotatable bonds is 5. The van der Waals surface area contributed by atoms with Crippen LogP contribution in [0.2, 0.25) is 0 Å². The van der Waals surface area contributed by atoms with Gasteiger partial charge in [0, 0.05) is 11.9 Å². The first-order valence-corrected chi connectivity index (χ1v) is 5.54. The number of ether oxygens (including phenoxy) is 2. The number of esters is 2. The molecule has 0 bridgehead atoms. The van der Waals surface area contributed by atoms with E-state index in [1.807, 2.05) is 30.3 Å². The smallest absolute Gasteiger partial charge is 0.345 e. The molecule has 0 heterocycles. The molecule has 0 radical (unpaired) electrons. The third-order valence-electron chi connectivity index (χ3n) is 2.19. The lowest BCUT2D eigenvalue weighted by atomic mass is 10.2. The van der Waals surface area contributed by atoms with Gasteiger partial charge < -0.3 is 14.8 Å². The number of carbonyl (C=O) groups excluding carboxylic acids is 2. The minimum absolute atomic E-state index is 0.170. The average Bonchev–Trinajstić information content (AvgIpc) is 2.47. The predicted molar refractivity (Wildman–Crippen MR) is 71.3 cm³/mol. The number of carbonyl (C=O) groups is 2. The second-order valence-electron chi connectivity index (χ2n) is 3.43. The van der Waals surface area contributed by atoms with Crippen molar-refractivity contribution < 1.29 is 19.1 Å². The van der Waals surface area contributed by atoms with Crippen LogP contribution in [0.4, 0.5) is 5.69 Å². The SMILES string of the molecule is COC(=O)C(=CC=CNc1ccccc1)C(=O)OC. The number of para-hydroxylation sites is 1. The van der Waals surface area contributed by atoms with Crippen molar-refractivity contribution >= 4 is 17.6 Å². The first-order chi connectivity index (χ1) is 9.19. The number of allylic oxidation sites excluding steroid dienone is 2. The molecular weight excluding hydrogens is 246 g/mol. The Morgan fingerprint density at radius 2 is 1.63 bits per heavy atom. The number of benzene rings is 1. The summed E-state index contributed by atoms with van der Waals surface area (Å²) in [5.74, 6) is -1.48. The van der Waals surface area contributed by atoms with Crippen molar-refractivity contribution in [2.45, 2.75) is 0 Å². The Morgan fingerprint density at radius 3 is 2.16 bits per heavy atom. The lowest BCUT2D eigenvalue weighted by molar-refractivity contribution is -0.144. The molecule has 1 aromatic carbocycles. The summed E-state index contributed by atoms with van der Waals surface area (Å²) in [5, 5.41) is 2.98. The van der Waals surface area contributed by atoms with Gasteiger partial charge in [0.1, 0.15) is 5.57 Å². The van der Waals surface area contributed by atoms with Crippen LogP contribution >= 0.6 is 0 Å². The van der Waals surface area contributed by atoms with Crippen LogP contribution in [0.5, 0.6) is 0 Å². The molecule has 0 fully saturated rings. The molecule has 0 aliphatic rings. The lowest BCUT2D eigenvalue weighted by Gasteiger charge is -2.01. The highest BCUT2D eigenvalue weighted by atomic mass is 16.5. The van der Waals surface area contributed by atoms with Gasteiger partial charge in [0.25, 0.3) is 0 Å². The fourth-order valence-electron chi connectivity index (χ4n) is 1.26. The third-order valence-corrected chi connectivity index (χ3v) is 2.19. The van der Waals surface area contributed by atoms with Crippen LogP contribution < -0.4 is 5.32 Å². The van der Waals surface area contributed by atoms with Crippen LogP contribution in [-0.4, -0.2) is 26.2 Å². The van der Waals surface area contributed by atoms with Gasteiger partial charge in [-0.2, -0.15) is 0 Å². The third kappa shape index (κ3) is 4.67. The maximum Gasteiger partial charge on any atom is 0.345 e. The Hall–Kier alpha value is -2.56. The van der Waals surface area contributed by atoms with Crippen molar-refractivity contribution in [3.8, 4) is 0 Å². The Balaban J connectivity index is 2.70. The monoisotopic (exact) mass is 261 g/mol. The molecule has 1 N–H and O–H groups in total. The number of nitrogens with one attached hydrogen (secondary N) is 1. The molecule has 100 valence electrons. The van der Waals surface area contributed by atoms with E-state index in [1.165, 1.54) is 26.4 Å². The summed E-state index contributed by atoms with van der Waals surface area (Å²) >= 11 is 0. The standard InChI is InChI=1S/C14H15NO4/c1-18-13(16)12(14(17)19-2)9-6-10-15-11-7-4-3-5-8-11/h3-10,15H,1-2H3. The maximum atomic E-state index is 11.3. The van der Waals surface area contributed by atoms with E-state index in [1.54, 1.807) is 6.20 Å². The van der Waals surface area contributed by atoms with E-state index in [0.717, 1.165) is 5.69 Å². The van der Waals surface area contributed by atoms with E-state index in [4.69, 9.17) is 0 Å². The van der Waals surface area contributed by atoms with Crippen molar-refractivity contribution in [3.05, 3.63) is 54.3 Å². The van der Waals surface area contributed by atoms with Gasteiger partial charge in [-0.05, 0) is 24.3 Å². The van der Waals surface area contributed by atoms with E-state index >= 15 is 0 Å². The van der Waals surface area contributed by atoms with Gasteiger partial charge in [-0.25, -0.2) is 9.59 Å². The molecule has 0 unspecified atom stereocenters. The highest BCUT2D eigenvalue weighted by Crippen LogP contribution is 2.05. The number of hydrogen-bond donors (Lipinski definition) is 1. The van der Waals surface area contributed by atoms with Crippen molar-refractivity contribution in [1.29, 1.82) is 0 Å². The molecule has 0 spiro atoms. The highest BCUT2D eigenvalue weighted by molar-refractivity contribution is 6.14. The van der Waals surface area contributed by atoms with E-state index < -0.39 is 11.9 Å². The molecule has 1 rings (SSSR count). The second-order valence-corrected chi connectivity index (χ2v) is 3.43. The quantitative estimate of drug-likeness (QED) is 0.288. The Bertz CT molecular complexity index is 473. The number of hydrogen-bond acceptors (Lipinski definition) is 5. The molecule has 0 saturated heterocycles. The van der Waals surface area contributed by atoms with E-state index in [0.29, 0.717) is 0 Å². The van der Waals surface area contributed by atoms with Gasteiger partial charge >= 0.3 is 11.9 Å². The molecule has 0 atom stereocenters. The fourth-order valence-corrected chi connectivity index (χ4v) is 1.26. The first kappa shape index (κ1) is 14.5. The molecule has 0 aromatic heterocycles. The summed E-state index contributed by atoms with van der Waals surface area (Å²) in [6.07, 6.45) is 4.45. The molecule has 19 heavy (non-hydrogen) atoms. The molecule has 0 amide bonds. The van der Waals surface area contributed by atoms with Crippen LogP contribution in [-0.2, 0) is 19.1 Å². The Labute approximate surface area is 111 Å². The van der Waals surface area contributed by atoms with Gasteiger partial charge in [-0.1, -0.05) is 18.2 Å². The van der Waals surface area contributed by atoms with Gasteiger partial charge in [0.2, 0.25) is 0 Å². The van der Waals surface area contributed by atoms with Crippen LogP contribution in [0.15, 0.2) is 54.3 Å². The van der Waals surface area contributed by atoms with Crippen LogP contribution in [0.1, 0.15) is 0 Å². The zero-order valence-electron chi connectivity index (χ0n) is 10.8. The van der Waals surface area contributed by atoms with E-state index in [9.17, 15) is 9.59 Å². The summed E-state index contributed by atoms with van der Waals surface area (Å²) < 4.78 is 8.98. The Kier molecular flexibility index (Phi) is 5.88. The minimum Gasteiger partial charge on any atom is -0.465 e. The summed E-state index contributed by atoms with van der Waals surface area (Å²) in [6, 6.07) is 9.45. The minimum atomic E-state index is -0.740. The lowest BCUT2D eigenvalue weighted by Crippen LogP contribution is -2.15. The molecule has 0 aliphatic heterocycles. The Morgan fingerprint density at radius 1 is 1.05 bits per heavy atom. The first-order valence-electron chi connectivity index (χ1n) is 5.54. The maximum absolute atomic E-state index is 11.3. The highest BCUT2D eigenvalue weighted by Gasteiger charge is 2.18. The van der Waals surface area contributed by atoms with Crippen molar-refractivity contribution in [2.75, 3.05) is 19.5 Å². The fraction of sp³-hybridized carbons (Fsp3) is 0.143. The molecule has 0 aliphatic carbocycles. The summed E-state index contributed by atoms with van der Waals surface area (Å²) in [5.41, 5.74) is 0.723. The topological polar surface area (TPSA) is 64.6 Å². The van der Waals surface area contributed by atoms with Gasteiger partial charge in [-0.3, -0.25) is 0 Å². The van der Waals surface area contributed by atoms with Crippen molar-refractivity contribution in [1.82, 2.24) is 0 Å².